The van der Waals surface area contributed by atoms with Crippen LogP contribution in [-0.2, 0) is 20.7 Å². The van der Waals surface area contributed by atoms with Crippen LogP contribution >= 0.6 is 0 Å². The lowest BCUT2D eigenvalue weighted by atomic mass is 10.0. The number of benzene rings is 2. The molecule has 0 radical (unpaired) electrons. The fourth-order valence-electron chi connectivity index (χ4n) is 4.62. The van der Waals surface area contributed by atoms with Crippen LogP contribution in [0.25, 0.3) is 10.9 Å². The zero-order valence-electron chi connectivity index (χ0n) is 18.4. The van der Waals surface area contributed by atoms with Crippen LogP contribution in [0.1, 0.15) is 49.9 Å². The van der Waals surface area contributed by atoms with Gasteiger partial charge in [0.15, 0.2) is 6.23 Å². The van der Waals surface area contributed by atoms with E-state index in [9.17, 15) is 9.59 Å². The van der Waals surface area contributed by atoms with Gasteiger partial charge >= 0.3 is 6.09 Å². The highest BCUT2D eigenvalue weighted by Crippen LogP contribution is 2.43. The highest BCUT2D eigenvalue weighted by molar-refractivity contribution is 5.91. The number of amides is 2. The lowest BCUT2D eigenvalue weighted by Gasteiger charge is -2.30. The molecule has 32 heavy (non-hydrogen) atoms. The maximum atomic E-state index is 13.8. The van der Waals surface area contributed by atoms with Gasteiger partial charge in [-0.3, -0.25) is 4.79 Å². The first-order chi connectivity index (χ1) is 15.3. The summed E-state index contributed by atoms with van der Waals surface area (Å²) in [6.07, 6.45) is -0.789. The summed E-state index contributed by atoms with van der Waals surface area (Å²) in [4.78, 5) is 31.6. The topological polar surface area (TPSA) is 83.7 Å². The molecule has 0 saturated carbocycles. The molecule has 1 saturated heterocycles. The summed E-state index contributed by atoms with van der Waals surface area (Å²) < 4.78 is 11.6. The number of nitrogens with one attached hydrogen (secondary N) is 2. The van der Waals surface area contributed by atoms with Crippen LogP contribution < -0.4 is 5.32 Å². The smallest absolute Gasteiger partial charge is 0.408 e. The summed E-state index contributed by atoms with van der Waals surface area (Å²) in [5.41, 5.74) is 3.17. The third-order valence-corrected chi connectivity index (χ3v) is 5.93. The number of rotatable bonds is 2. The first kappa shape index (κ1) is 20.6. The molecule has 3 aromatic rings. The lowest BCUT2D eigenvalue weighted by Crippen LogP contribution is -2.50. The molecule has 2 aliphatic heterocycles. The largest absolute Gasteiger partial charge is 0.444 e. The fourth-order valence-corrected chi connectivity index (χ4v) is 4.62. The molecular formula is C25H27N3O4. The number of carbonyl (C=O) groups excluding carboxylic acids is 2. The van der Waals surface area contributed by atoms with Gasteiger partial charge in [0.2, 0.25) is 5.91 Å². The molecule has 1 fully saturated rings. The van der Waals surface area contributed by atoms with Crippen molar-refractivity contribution in [1.29, 1.82) is 0 Å². The Morgan fingerprint density at radius 3 is 2.59 bits per heavy atom. The maximum absolute atomic E-state index is 13.8. The molecule has 1 aromatic heterocycles. The van der Waals surface area contributed by atoms with Gasteiger partial charge < -0.3 is 24.7 Å². The highest BCUT2D eigenvalue weighted by atomic mass is 16.6. The van der Waals surface area contributed by atoms with Crippen molar-refractivity contribution < 1.29 is 19.1 Å². The van der Waals surface area contributed by atoms with Crippen molar-refractivity contribution >= 4 is 22.9 Å². The molecular weight excluding hydrogens is 406 g/mol. The third kappa shape index (κ3) is 3.62. The Morgan fingerprint density at radius 1 is 1.12 bits per heavy atom. The van der Waals surface area contributed by atoms with Gasteiger partial charge in [0.05, 0.1) is 18.3 Å². The van der Waals surface area contributed by atoms with E-state index in [-0.39, 0.29) is 11.9 Å². The number of ether oxygens (including phenoxy) is 2. The summed E-state index contributed by atoms with van der Waals surface area (Å²) in [6.45, 7) is 5.79. The molecule has 7 nitrogen and oxygen atoms in total. The van der Waals surface area contributed by atoms with Crippen molar-refractivity contribution in [2.75, 3.05) is 6.61 Å². The number of alkyl carbamates (subject to hydrolysis) is 1. The Hall–Kier alpha value is -3.32. The highest BCUT2D eigenvalue weighted by Gasteiger charge is 2.47. The molecule has 0 aliphatic carbocycles. The van der Waals surface area contributed by atoms with Crippen LogP contribution in [0, 0.1) is 0 Å². The minimum Gasteiger partial charge on any atom is -0.444 e. The van der Waals surface area contributed by atoms with E-state index in [1.807, 2.05) is 54.6 Å². The van der Waals surface area contributed by atoms with E-state index in [4.69, 9.17) is 9.47 Å². The Kier molecular flexibility index (Phi) is 4.93. The number of aromatic nitrogens is 1. The third-order valence-electron chi connectivity index (χ3n) is 5.93. The Labute approximate surface area is 186 Å². The molecule has 2 amide bonds. The van der Waals surface area contributed by atoms with Crippen molar-refractivity contribution in [2.24, 2.45) is 0 Å². The van der Waals surface area contributed by atoms with Gasteiger partial charge in [0, 0.05) is 17.3 Å². The molecule has 7 heteroatoms. The van der Waals surface area contributed by atoms with Gasteiger partial charge in [-0.15, -0.1) is 0 Å². The predicted molar refractivity (Wildman–Crippen MR) is 120 cm³/mol. The van der Waals surface area contributed by atoms with E-state index in [1.54, 1.807) is 25.7 Å². The zero-order valence-corrected chi connectivity index (χ0v) is 18.4. The minimum absolute atomic E-state index is 0.180. The molecule has 0 bridgehead atoms. The van der Waals surface area contributed by atoms with E-state index in [0.29, 0.717) is 13.0 Å². The molecule has 2 N–H and O–H groups in total. The Bertz CT molecular complexity index is 1160. The number of fused-ring (bicyclic) bond motifs is 5. The van der Waals surface area contributed by atoms with Crippen molar-refractivity contribution in [1.82, 2.24) is 15.2 Å². The molecule has 2 aliphatic rings. The van der Waals surface area contributed by atoms with Crippen molar-refractivity contribution in [3.63, 3.8) is 0 Å². The van der Waals surface area contributed by atoms with Crippen LogP contribution in [0.5, 0.6) is 0 Å². The van der Waals surface area contributed by atoms with Crippen LogP contribution in [0.4, 0.5) is 4.79 Å². The maximum Gasteiger partial charge on any atom is 0.408 e. The summed E-state index contributed by atoms with van der Waals surface area (Å²) in [5, 5.41) is 3.85. The predicted octanol–water partition coefficient (Wildman–Crippen LogP) is 4.22. The van der Waals surface area contributed by atoms with E-state index in [0.717, 1.165) is 27.7 Å². The molecule has 2 aromatic carbocycles. The summed E-state index contributed by atoms with van der Waals surface area (Å²) in [5.74, 6) is -0.180. The number of nitrogens with zero attached hydrogens (tertiary/aromatic N) is 1. The number of hydrogen-bond donors (Lipinski definition) is 2. The van der Waals surface area contributed by atoms with Gasteiger partial charge in [0.25, 0.3) is 0 Å². The lowest BCUT2D eigenvalue weighted by molar-refractivity contribution is -0.140. The van der Waals surface area contributed by atoms with Gasteiger partial charge in [0.1, 0.15) is 11.6 Å². The number of H-pyrrole nitrogens is 1. The number of aromatic amines is 1. The standard InChI is InChI=1S/C25H27N3O4/c1-25(2,3)32-24(30)27-19-13-17-16-11-7-8-12-18(16)26-21(17)23-28(22(19)29)20(14-31-23)15-9-5-4-6-10-15/h4-12,19-20,23,26H,13-14H2,1-3H3,(H,27,30)/t19-,20+,23-/m0/s1. The molecule has 5 rings (SSSR count). The van der Waals surface area contributed by atoms with Crippen molar-refractivity contribution in [3.8, 4) is 0 Å². The molecule has 0 unspecified atom stereocenters. The van der Waals surface area contributed by atoms with Crippen LogP contribution in [-0.4, -0.2) is 40.1 Å². The average molecular weight is 434 g/mol. The Balaban J connectivity index is 1.57. The molecule has 0 spiro atoms. The second-order valence-corrected chi connectivity index (χ2v) is 9.32. The first-order valence-electron chi connectivity index (χ1n) is 10.9. The minimum atomic E-state index is -0.763. The monoisotopic (exact) mass is 433 g/mol. The van der Waals surface area contributed by atoms with E-state index < -0.39 is 24.0 Å². The van der Waals surface area contributed by atoms with E-state index in [2.05, 4.69) is 10.3 Å². The Morgan fingerprint density at radius 2 is 1.84 bits per heavy atom. The summed E-state index contributed by atoms with van der Waals surface area (Å²) in [6, 6.07) is 16.8. The van der Waals surface area contributed by atoms with Crippen LogP contribution in [0.2, 0.25) is 0 Å². The molecule has 3 atom stereocenters. The van der Waals surface area contributed by atoms with Crippen molar-refractivity contribution in [2.45, 2.75) is 51.1 Å². The van der Waals surface area contributed by atoms with Gasteiger partial charge in [-0.25, -0.2) is 4.79 Å². The van der Waals surface area contributed by atoms with E-state index >= 15 is 0 Å². The fraction of sp³-hybridized carbons (Fsp3) is 0.360. The zero-order chi connectivity index (χ0) is 22.5. The SMILES string of the molecule is CC(C)(C)OC(=O)N[C@H]1Cc2c([nH]c3ccccc23)[C@@H]2OC[C@H](c3ccccc3)N2C1=O. The first-order valence-corrected chi connectivity index (χ1v) is 10.9. The summed E-state index contributed by atoms with van der Waals surface area (Å²) in [7, 11) is 0. The van der Waals surface area contributed by atoms with Crippen LogP contribution in [0.3, 0.4) is 0 Å². The van der Waals surface area contributed by atoms with Crippen molar-refractivity contribution in [3.05, 3.63) is 71.4 Å². The second kappa shape index (κ2) is 7.67. The van der Waals surface area contributed by atoms with Crippen LogP contribution in [0.15, 0.2) is 54.6 Å². The van der Waals surface area contributed by atoms with Gasteiger partial charge in [-0.05, 0) is 38.0 Å². The van der Waals surface area contributed by atoms with Gasteiger partial charge in [-0.2, -0.15) is 0 Å². The second-order valence-electron chi connectivity index (χ2n) is 9.32. The molecule has 3 heterocycles. The summed E-state index contributed by atoms with van der Waals surface area (Å²) >= 11 is 0. The average Bonchev–Trinajstić information content (AvgIpc) is 3.31. The number of hydrogen-bond acceptors (Lipinski definition) is 4. The number of carbonyl (C=O) groups is 2. The quantitative estimate of drug-likeness (QED) is 0.634. The van der Waals surface area contributed by atoms with Gasteiger partial charge in [-0.1, -0.05) is 48.5 Å². The number of para-hydroxylation sites is 1. The normalized spacial score (nSPS) is 22.9. The van der Waals surface area contributed by atoms with E-state index in [1.165, 1.54) is 0 Å². The molecule has 166 valence electrons.